The first-order valence-corrected chi connectivity index (χ1v) is 7.13. The van der Waals surface area contributed by atoms with Gasteiger partial charge in [-0.2, -0.15) is 0 Å². The van der Waals surface area contributed by atoms with Crippen molar-refractivity contribution in [1.29, 1.82) is 0 Å². The SMILES string of the molecule is Cc1ccc(CSCC(=O)c2ccccc2)cc1. The first-order chi connectivity index (χ1) is 8.75. The minimum Gasteiger partial charge on any atom is -0.293 e. The van der Waals surface area contributed by atoms with Crippen molar-refractivity contribution in [2.45, 2.75) is 12.7 Å². The monoisotopic (exact) mass is 256 g/mol. The fourth-order valence-electron chi connectivity index (χ4n) is 1.65. The van der Waals surface area contributed by atoms with Gasteiger partial charge >= 0.3 is 0 Å². The van der Waals surface area contributed by atoms with E-state index in [4.69, 9.17) is 0 Å². The number of Topliss-reactive ketones (excluding diaryl/α,β-unsaturated/α-hetero) is 1. The highest BCUT2D eigenvalue weighted by Gasteiger charge is 2.04. The zero-order valence-electron chi connectivity index (χ0n) is 10.4. The van der Waals surface area contributed by atoms with E-state index >= 15 is 0 Å². The van der Waals surface area contributed by atoms with Crippen LogP contribution in [-0.4, -0.2) is 11.5 Å². The van der Waals surface area contributed by atoms with Gasteiger partial charge in [0.05, 0.1) is 5.75 Å². The number of ketones is 1. The van der Waals surface area contributed by atoms with Gasteiger partial charge in [0.25, 0.3) is 0 Å². The number of thioether (sulfide) groups is 1. The summed E-state index contributed by atoms with van der Waals surface area (Å²) in [4.78, 5) is 11.9. The van der Waals surface area contributed by atoms with E-state index in [1.54, 1.807) is 11.8 Å². The molecule has 2 aromatic carbocycles. The molecule has 0 atom stereocenters. The van der Waals surface area contributed by atoms with Gasteiger partial charge in [-0.05, 0) is 12.5 Å². The highest BCUT2D eigenvalue weighted by Crippen LogP contribution is 2.14. The maximum atomic E-state index is 11.9. The van der Waals surface area contributed by atoms with Gasteiger partial charge in [-0.1, -0.05) is 60.2 Å². The molecule has 0 saturated carbocycles. The van der Waals surface area contributed by atoms with E-state index in [0.29, 0.717) is 5.75 Å². The molecule has 0 unspecified atom stereocenters. The van der Waals surface area contributed by atoms with Crippen LogP contribution in [0.1, 0.15) is 21.5 Å². The van der Waals surface area contributed by atoms with Crippen LogP contribution in [0.5, 0.6) is 0 Å². The van der Waals surface area contributed by atoms with Crippen LogP contribution in [0, 0.1) is 6.92 Å². The highest BCUT2D eigenvalue weighted by molar-refractivity contribution is 7.99. The Bertz CT molecular complexity index is 502. The van der Waals surface area contributed by atoms with Crippen molar-refractivity contribution in [2.24, 2.45) is 0 Å². The standard InChI is InChI=1S/C16H16OS/c1-13-7-9-14(10-8-13)11-18-12-16(17)15-5-3-2-4-6-15/h2-10H,11-12H2,1H3. The summed E-state index contributed by atoms with van der Waals surface area (Å²) in [7, 11) is 0. The molecule has 0 aliphatic rings. The molecule has 0 heterocycles. The van der Waals surface area contributed by atoms with Crippen molar-refractivity contribution in [3.8, 4) is 0 Å². The van der Waals surface area contributed by atoms with E-state index in [2.05, 4.69) is 31.2 Å². The highest BCUT2D eigenvalue weighted by atomic mass is 32.2. The van der Waals surface area contributed by atoms with Crippen LogP contribution in [0.2, 0.25) is 0 Å². The molecule has 0 amide bonds. The number of aryl methyl sites for hydroxylation is 1. The Morgan fingerprint density at radius 2 is 1.67 bits per heavy atom. The molecular weight excluding hydrogens is 240 g/mol. The smallest absolute Gasteiger partial charge is 0.172 e. The number of hydrogen-bond donors (Lipinski definition) is 0. The molecule has 0 saturated heterocycles. The van der Waals surface area contributed by atoms with E-state index in [1.165, 1.54) is 11.1 Å². The number of benzene rings is 2. The van der Waals surface area contributed by atoms with E-state index in [1.807, 2.05) is 30.3 Å². The summed E-state index contributed by atoms with van der Waals surface area (Å²) in [5, 5.41) is 0. The lowest BCUT2D eigenvalue weighted by Crippen LogP contribution is -2.02. The second-order valence-electron chi connectivity index (χ2n) is 4.27. The van der Waals surface area contributed by atoms with Crippen LogP contribution < -0.4 is 0 Å². The van der Waals surface area contributed by atoms with Crippen LogP contribution in [0.3, 0.4) is 0 Å². The summed E-state index contributed by atoms with van der Waals surface area (Å²) < 4.78 is 0. The van der Waals surface area contributed by atoms with E-state index in [9.17, 15) is 4.79 Å². The van der Waals surface area contributed by atoms with E-state index in [-0.39, 0.29) is 5.78 Å². The summed E-state index contributed by atoms with van der Waals surface area (Å²) in [6, 6.07) is 17.9. The van der Waals surface area contributed by atoms with Gasteiger partial charge in [-0.3, -0.25) is 4.79 Å². The second kappa shape index (κ2) is 6.41. The maximum Gasteiger partial charge on any atom is 0.172 e. The molecule has 92 valence electrons. The Hall–Kier alpha value is -1.54. The molecule has 0 N–H and O–H groups in total. The first kappa shape index (κ1) is 12.9. The number of hydrogen-bond acceptors (Lipinski definition) is 2. The van der Waals surface area contributed by atoms with Gasteiger partial charge < -0.3 is 0 Å². The third kappa shape index (κ3) is 3.74. The summed E-state index contributed by atoms with van der Waals surface area (Å²) in [5.74, 6) is 1.63. The molecule has 0 spiro atoms. The van der Waals surface area contributed by atoms with Gasteiger partial charge in [-0.25, -0.2) is 0 Å². The first-order valence-electron chi connectivity index (χ1n) is 5.97. The minimum atomic E-state index is 0.202. The predicted octanol–water partition coefficient (Wildman–Crippen LogP) is 4.11. The van der Waals surface area contributed by atoms with Crippen molar-refractivity contribution in [2.75, 3.05) is 5.75 Å². The van der Waals surface area contributed by atoms with Crippen LogP contribution in [0.15, 0.2) is 54.6 Å². The Balaban J connectivity index is 1.82. The number of rotatable bonds is 5. The Morgan fingerprint density at radius 1 is 1.00 bits per heavy atom. The predicted molar refractivity (Wildman–Crippen MR) is 78.1 cm³/mol. The van der Waals surface area contributed by atoms with Gasteiger partial charge in [0.2, 0.25) is 0 Å². The number of carbonyl (C=O) groups excluding carboxylic acids is 1. The molecule has 18 heavy (non-hydrogen) atoms. The lowest BCUT2D eigenvalue weighted by atomic mass is 10.2. The van der Waals surface area contributed by atoms with Crippen LogP contribution in [0.4, 0.5) is 0 Å². The summed E-state index contributed by atoms with van der Waals surface area (Å²) >= 11 is 1.67. The Kier molecular flexibility index (Phi) is 4.59. The molecular formula is C16H16OS. The van der Waals surface area contributed by atoms with Gasteiger partial charge in [0.15, 0.2) is 5.78 Å². The second-order valence-corrected chi connectivity index (χ2v) is 5.25. The maximum absolute atomic E-state index is 11.9. The van der Waals surface area contributed by atoms with Crippen molar-refractivity contribution in [3.05, 3.63) is 71.3 Å². The molecule has 0 aliphatic heterocycles. The van der Waals surface area contributed by atoms with Crippen molar-refractivity contribution >= 4 is 17.5 Å². The molecule has 0 aromatic heterocycles. The summed E-state index contributed by atoms with van der Waals surface area (Å²) in [6.45, 7) is 2.08. The zero-order valence-corrected chi connectivity index (χ0v) is 11.2. The normalized spacial score (nSPS) is 10.3. The summed E-state index contributed by atoms with van der Waals surface area (Å²) in [5.41, 5.74) is 3.34. The van der Waals surface area contributed by atoms with Gasteiger partial charge in [0.1, 0.15) is 0 Å². The largest absolute Gasteiger partial charge is 0.293 e. The number of carbonyl (C=O) groups is 1. The lowest BCUT2D eigenvalue weighted by Gasteiger charge is -2.02. The Labute approximate surface area is 112 Å². The average Bonchev–Trinajstić information content (AvgIpc) is 2.42. The molecule has 0 radical (unpaired) electrons. The fraction of sp³-hybridized carbons (Fsp3) is 0.188. The molecule has 2 heteroatoms. The topological polar surface area (TPSA) is 17.1 Å². The Morgan fingerprint density at radius 3 is 2.33 bits per heavy atom. The van der Waals surface area contributed by atoms with Crippen molar-refractivity contribution in [3.63, 3.8) is 0 Å². The van der Waals surface area contributed by atoms with Crippen LogP contribution in [0.25, 0.3) is 0 Å². The van der Waals surface area contributed by atoms with Gasteiger partial charge in [0, 0.05) is 11.3 Å². The zero-order chi connectivity index (χ0) is 12.8. The molecule has 2 rings (SSSR count). The van der Waals surface area contributed by atoms with Crippen molar-refractivity contribution < 1.29 is 4.79 Å². The van der Waals surface area contributed by atoms with Crippen LogP contribution >= 0.6 is 11.8 Å². The van der Waals surface area contributed by atoms with Gasteiger partial charge in [-0.15, -0.1) is 11.8 Å². The molecule has 1 nitrogen and oxygen atoms in total. The van der Waals surface area contributed by atoms with Crippen molar-refractivity contribution in [1.82, 2.24) is 0 Å². The quantitative estimate of drug-likeness (QED) is 0.749. The third-order valence-corrected chi connectivity index (χ3v) is 3.72. The van der Waals surface area contributed by atoms with E-state index in [0.717, 1.165) is 11.3 Å². The third-order valence-electron chi connectivity index (χ3n) is 2.72. The molecule has 0 bridgehead atoms. The molecule has 0 aliphatic carbocycles. The van der Waals surface area contributed by atoms with Crippen LogP contribution in [-0.2, 0) is 5.75 Å². The molecule has 2 aromatic rings. The fourth-order valence-corrected chi connectivity index (χ4v) is 2.54. The average molecular weight is 256 g/mol. The molecule has 0 fully saturated rings. The van der Waals surface area contributed by atoms with E-state index < -0.39 is 0 Å². The summed E-state index contributed by atoms with van der Waals surface area (Å²) in [6.07, 6.45) is 0. The minimum absolute atomic E-state index is 0.202. The lowest BCUT2D eigenvalue weighted by molar-refractivity contribution is 0.102.